The first-order chi connectivity index (χ1) is 16.6. The Morgan fingerprint density at radius 1 is 0.882 bits per heavy atom. The number of carbonyl (C=O) groups is 1. The quantitative estimate of drug-likeness (QED) is 0.344. The van der Waals surface area contributed by atoms with E-state index in [1.165, 1.54) is 0 Å². The van der Waals surface area contributed by atoms with Gasteiger partial charge in [-0.25, -0.2) is 4.98 Å². The fourth-order valence-electron chi connectivity index (χ4n) is 3.56. The Labute approximate surface area is 201 Å². The number of pyridine rings is 1. The molecule has 1 N–H and O–H groups in total. The molecule has 0 saturated heterocycles. The molecule has 0 aliphatic heterocycles. The van der Waals surface area contributed by atoms with Crippen LogP contribution in [0.4, 0.5) is 5.69 Å². The van der Waals surface area contributed by atoms with E-state index in [1.807, 2.05) is 72.8 Å². The molecular weight excluding hydrogens is 444 g/mol. The van der Waals surface area contributed by atoms with E-state index in [2.05, 4.69) is 15.3 Å². The van der Waals surface area contributed by atoms with E-state index in [1.54, 1.807) is 36.3 Å². The summed E-state index contributed by atoms with van der Waals surface area (Å²) < 4.78 is 5.82. The zero-order chi connectivity index (χ0) is 23.5. The van der Waals surface area contributed by atoms with Gasteiger partial charge >= 0.3 is 0 Å². The summed E-state index contributed by atoms with van der Waals surface area (Å²) >= 11 is 5.49. The van der Waals surface area contributed by atoms with Gasteiger partial charge in [0.1, 0.15) is 0 Å². The largest absolute Gasteiger partial charge is 0.434 e. The molecule has 0 saturated carbocycles. The van der Waals surface area contributed by atoms with Crippen molar-refractivity contribution < 1.29 is 9.21 Å². The van der Waals surface area contributed by atoms with Gasteiger partial charge in [0.15, 0.2) is 16.3 Å². The van der Waals surface area contributed by atoms with Gasteiger partial charge in [-0.2, -0.15) is 4.98 Å². The number of amides is 1. The summed E-state index contributed by atoms with van der Waals surface area (Å²) in [5.41, 5.74) is 5.42. The SMILES string of the molecule is CN(C(=S)NC(=O)c1ccc(-c2ccccc2)cc1)c1cccc(-c2nc3ncccc3o2)c1. The van der Waals surface area contributed by atoms with Crippen LogP contribution < -0.4 is 10.2 Å². The van der Waals surface area contributed by atoms with Crippen molar-refractivity contribution in [2.45, 2.75) is 0 Å². The lowest BCUT2D eigenvalue weighted by atomic mass is 10.0. The fraction of sp³-hybridized carbons (Fsp3) is 0.0370. The predicted molar refractivity (Wildman–Crippen MR) is 138 cm³/mol. The van der Waals surface area contributed by atoms with Gasteiger partial charge in [0, 0.05) is 30.1 Å². The highest BCUT2D eigenvalue weighted by Crippen LogP contribution is 2.26. The topological polar surface area (TPSA) is 71.3 Å². The van der Waals surface area contributed by atoms with E-state index in [4.69, 9.17) is 16.6 Å². The van der Waals surface area contributed by atoms with Gasteiger partial charge in [-0.3, -0.25) is 10.1 Å². The second-order valence-corrected chi connectivity index (χ2v) is 8.04. The number of benzene rings is 3. The Kier molecular flexibility index (Phi) is 5.84. The van der Waals surface area contributed by atoms with Crippen molar-refractivity contribution in [2.24, 2.45) is 0 Å². The van der Waals surface area contributed by atoms with Gasteiger partial charge in [0.25, 0.3) is 5.91 Å². The first-order valence-corrected chi connectivity index (χ1v) is 11.1. The molecule has 0 aliphatic rings. The number of carbonyl (C=O) groups excluding carboxylic acids is 1. The van der Waals surface area contributed by atoms with Crippen LogP contribution in [0.3, 0.4) is 0 Å². The van der Waals surface area contributed by atoms with E-state index >= 15 is 0 Å². The van der Waals surface area contributed by atoms with Crippen LogP contribution in [-0.4, -0.2) is 28.0 Å². The summed E-state index contributed by atoms with van der Waals surface area (Å²) in [4.78, 5) is 23.2. The Bertz CT molecular complexity index is 1450. The van der Waals surface area contributed by atoms with Crippen molar-refractivity contribution in [3.05, 3.63) is 103 Å². The van der Waals surface area contributed by atoms with Crippen molar-refractivity contribution >= 4 is 40.2 Å². The molecule has 1 amide bonds. The van der Waals surface area contributed by atoms with E-state index < -0.39 is 0 Å². The molecule has 0 fully saturated rings. The average Bonchev–Trinajstić information content (AvgIpc) is 3.33. The third-order valence-electron chi connectivity index (χ3n) is 5.42. The normalized spacial score (nSPS) is 10.7. The summed E-state index contributed by atoms with van der Waals surface area (Å²) in [5.74, 6) is 0.204. The lowest BCUT2D eigenvalue weighted by molar-refractivity contribution is 0.0977. The van der Waals surface area contributed by atoms with Gasteiger partial charge in [0.2, 0.25) is 5.89 Å². The molecule has 3 aromatic carbocycles. The Balaban J connectivity index is 1.29. The smallest absolute Gasteiger partial charge is 0.257 e. The van der Waals surface area contributed by atoms with Crippen molar-refractivity contribution in [3.8, 4) is 22.6 Å². The zero-order valence-corrected chi connectivity index (χ0v) is 19.1. The molecular formula is C27H20N4O2S. The Morgan fingerprint density at radius 2 is 1.62 bits per heavy atom. The molecule has 5 aromatic rings. The molecule has 2 heterocycles. The number of nitrogens with one attached hydrogen (secondary N) is 1. The van der Waals surface area contributed by atoms with E-state index in [0.717, 1.165) is 22.4 Å². The Hall–Kier alpha value is -4.36. The average molecular weight is 465 g/mol. The Morgan fingerprint density at radius 3 is 2.38 bits per heavy atom. The van der Waals surface area contributed by atoms with Crippen LogP contribution in [0.5, 0.6) is 0 Å². The molecule has 6 nitrogen and oxygen atoms in total. The first kappa shape index (κ1) is 21.5. The van der Waals surface area contributed by atoms with Gasteiger partial charge in [0.05, 0.1) is 0 Å². The molecule has 34 heavy (non-hydrogen) atoms. The van der Waals surface area contributed by atoms with Crippen LogP contribution in [0.25, 0.3) is 33.8 Å². The standard InChI is InChI=1S/C27H20N4O2S/c1-31(22-10-5-9-21(17-22)26-29-24-23(33-26)11-6-16-28-24)27(34)30-25(32)20-14-12-19(13-15-20)18-7-3-2-4-8-18/h2-17H,1H3,(H,30,32,34). The maximum atomic E-state index is 12.8. The molecule has 0 unspecified atom stereocenters. The van der Waals surface area contributed by atoms with Crippen molar-refractivity contribution in [1.82, 2.24) is 15.3 Å². The molecule has 0 aliphatic carbocycles. The fourth-order valence-corrected chi connectivity index (χ4v) is 3.75. The summed E-state index contributed by atoms with van der Waals surface area (Å²) in [6, 6.07) is 28.7. The summed E-state index contributed by atoms with van der Waals surface area (Å²) in [6.45, 7) is 0. The van der Waals surface area contributed by atoms with Gasteiger partial charge < -0.3 is 9.32 Å². The molecule has 166 valence electrons. The van der Waals surface area contributed by atoms with Gasteiger partial charge in [-0.15, -0.1) is 0 Å². The van der Waals surface area contributed by atoms with Crippen molar-refractivity contribution in [3.63, 3.8) is 0 Å². The molecule has 0 spiro atoms. The lowest BCUT2D eigenvalue weighted by Gasteiger charge is -2.21. The number of nitrogens with zero attached hydrogens (tertiary/aromatic N) is 3. The molecule has 0 atom stereocenters. The van der Waals surface area contributed by atoms with E-state index in [-0.39, 0.29) is 11.0 Å². The third-order valence-corrected chi connectivity index (χ3v) is 5.80. The molecule has 0 radical (unpaired) electrons. The number of thiocarbonyl (C=S) groups is 1. The first-order valence-electron chi connectivity index (χ1n) is 10.6. The number of aromatic nitrogens is 2. The van der Waals surface area contributed by atoms with Crippen LogP contribution in [0.2, 0.25) is 0 Å². The summed E-state index contributed by atoms with van der Waals surface area (Å²) in [6.07, 6.45) is 1.68. The highest BCUT2D eigenvalue weighted by atomic mass is 32.1. The lowest BCUT2D eigenvalue weighted by Crippen LogP contribution is -2.40. The van der Waals surface area contributed by atoms with Crippen LogP contribution in [-0.2, 0) is 0 Å². The second kappa shape index (κ2) is 9.25. The zero-order valence-electron chi connectivity index (χ0n) is 18.3. The van der Waals surface area contributed by atoms with Gasteiger partial charge in [-0.1, -0.05) is 48.5 Å². The number of hydrogen-bond acceptors (Lipinski definition) is 5. The van der Waals surface area contributed by atoms with E-state index in [0.29, 0.717) is 22.7 Å². The molecule has 0 bridgehead atoms. The monoisotopic (exact) mass is 464 g/mol. The summed E-state index contributed by atoms with van der Waals surface area (Å²) in [5, 5.41) is 3.09. The van der Waals surface area contributed by atoms with Crippen LogP contribution in [0.1, 0.15) is 10.4 Å². The maximum absolute atomic E-state index is 12.8. The molecule has 7 heteroatoms. The number of fused-ring (bicyclic) bond motifs is 1. The van der Waals surface area contributed by atoms with Crippen LogP contribution in [0.15, 0.2) is 102 Å². The van der Waals surface area contributed by atoms with Gasteiger partial charge in [-0.05, 0) is 65.8 Å². The molecule has 5 rings (SSSR count). The third kappa shape index (κ3) is 4.42. The summed E-state index contributed by atoms with van der Waals surface area (Å²) in [7, 11) is 1.80. The maximum Gasteiger partial charge on any atom is 0.257 e. The highest BCUT2D eigenvalue weighted by Gasteiger charge is 2.15. The number of hydrogen-bond donors (Lipinski definition) is 1. The number of oxazole rings is 1. The molecule has 2 aromatic heterocycles. The predicted octanol–water partition coefficient (Wildman–Crippen LogP) is 5.71. The number of anilines is 1. The van der Waals surface area contributed by atoms with Crippen LogP contribution in [0, 0.1) is 0 Å². The minimum absolute atomic E-state index is 0.266. The highest BCUT2D eigenvalue weighted by molar-refractivity contribution is 7.80. The van der Waals surface area contributed by atoms with Crippen LogP contribution >= 0.6 is 12.2 Å². The minimum atomic E-state index is -0.266. The number of rotatable bonds is 4. The van der Waals surface area contributed by atoms with Crippen molar-refractivity contribution in [1.29, 1.82) is 0 Å². The van der Waals surface area contributed by atoms with E-state index in [9.17, 15) is 4.79 Å². The minimum Gasteiger partial charge on any atom is -0.434 e. The van der Waals surface area contributed by atoms with Crippen molar-refractivity contribution in [2.75, 3.05) is 11.9 Å². The second-order valence-electron chi connectivity index (χ2n) is 7.66.